The topological polar surface area (TPSA) is 74.4 Å². The van der Waals surface area contributed by atoms with Gasteiger partial charge in [0, 0.05) is 18.8 Å². The number of amidine groups is 1. The normalized spacial score (nSPS) is 13.9. The first kappa shape index (κ1) is 19.9. The minimum atomic E-state index is 0.140. The maximum absolute atomic E-state index is 10.8. The van der Waals surface area contributed by atoms with Gasteiger partial charge in [0.1, 0.15) is 29.8 Å². The number of aryl methyl sites for hydroxylation is 2. The van der Waals surface area contributed by atoms with Crippen LogP contribution in [0.3, 0.4) is 0 Å². The molecule has 0 saturated heterocycles. The number of benzene rings is 3. The molecule has 2 heterocycles. The molecule has 6 heteroatoms. The molecule has 0 atom stereocenters. The average Bonchev–Trinajstić information content (AvgIpc) is 3.27. The Bertz CT molecular complexity index is 1360. The Balaban J connectivity index is 1.41. The van der Waals surface area contributed by atoms with Crippen LogP contribution in [0.1, 0.15) is 17.0 Å². The zero-order valence-corrected chi connectivity index (χ0v) is 18.0. The number of fused-ring (bicyclic) bond motifs is 1. The van der Waals surface area contributed by atoms with Crippen molar-refractivity contribution in [1.82, 2.24) is 9.55 Å². The number of hydrogen-bond donors (Lipinski definition) is 2. The van der Waals surface area contributed by atoms with Gasteiger partial charge >= 0.3 is 0 Å². The van der Waals surface area contributed by atoms with Crippen LogP contribution in [0, 0.1) is 12.3 Å². The summed E-state index contributed by atoms with van der Waals surface area (Å²) in [5.41, 5.74) is 5.27. The second kappa shape index (κ2) is 7.89. The molecule has 0 bridgehead atoms. The molecule has 1 aliphatic heterocycles. The van der Waals surface area contributed by atoms with Crippen molar-refractivity contribution in [2.45, 2.75) is 13.5 Å². The van der Waals surface area contributed by atoms with Crippen molar-refractivity contribution < 1.29 is 9.84 Å². The number of imidazole rings is 1. The van der Waals surface area contributed by atoms with Crippen LogP contribution >= 0.6 is 0 Å². The van der Waals surface area contributed by atoms with E-state index in [4.69, 9.17) is 15.1 Å². The number of ether oxygens (including phenoxy) is 1. The summed E-state index contributed by atoms with van der Waals surface area (Å²) in [5.74, 6) is 1.66. The molecule has 32 heavy (non-hydrogen) atoms. The molecule has 1 aliphatic rings. The van der Waals surface area contributed by atoms with Gasteiger partial charge in [0.05, 0.1) is 23.2 Å². The summed E-state index contributed by atoms with van der Waals surface area (Å²) in [6, 6.07) is 23.7. The molecule has 2 N–H and O–H groups in total. The average molecular weight is 425 g/mol. The third kappa shape index (κ3) is 3.50. The van der Waals surface area contributed by atoms with Crippen molar-refractivity contribution >= 4 is 28.1 Å². The zero-order valence-electron chi connectivity index (χ0n) is 18.0. The Hall–Kier alpha value is -4.06. The molecule has 160 valence electrons. The van der Waals surface area contributed by atoms with E-state index in [0.717, 1.165) is 27.8 Å². The lowest BCUT2D eigenvalue weighted by Crippen LogP contribution is -2.26. The maximum Gasteiger partial charge on any atom is 0.148 e. The predicted octanol–water partition coefficient (Wildman–Crippen LogP) is 5.23. The van der Waals surface area contributed by atoms with Gasteiger partial charge in [-0.05, 0) is 42.3 Å². The maximum atomic E-state index is 10.8. The van der Waals surface area contributed by atoms with Gasteiger partial charge in [-0.1, -0.05) is 42.5 Å². The summed E-state index contributed by atoms with van der Waals surface area (Å²) in [4.78, 5) is 6.49. The molecular weight excluding hydrogens is 400 g/mol. The van der Waals surface area contributed by atoms with E-state index in [9.17, 15) is 5.11 Å². The standard InChI is InChI=1S/C26H24N4O2/c1-17-11-12-22-21(13-17)28-26(29(22)2)24-23(31)15-30(25(24)27)19-9-6-10-20(14-19)32-16-18-7-4-3-5-8-18/h3-14,27,31H,15-16H2,1-2H3. The molecule has 0 unspecified atom stereocenters. The van der Waals surface area contributed by atoms with Crippen molar-refractivity contribution in [2.24, 2.45) is 7.05 Å². The van der Waals surface area contributed by atoms with Gasteiger partial charge < -0.3 is 19.3 Å². The van der Waals surface area contributed by atoms with Crippen LogP contribution in [0.5, 0.6) is 5.75 Å². The number of aliphatic hydroxyl groups excluding tert-OH is 1. The van der Waals surface area contributed by atoms with Crippen LogP contribution < -0.4 is 9.64 Å². The predicted molar refractivity (Wildman–Crippen MR) is 127 cm³/mol. The molecule has 0 radical (unpaired) electrons. The Morgan fingerprint density at radius 3 is 2.66 bits per heavy atom. The van der Waals surface area contributed by atoms with Gasteiger partial charge in [-0.2, -0.15) is 0 Å². The highest BCUT2D eigenvalue weighted by atomic mass is 16.5. The Morgan fingerprint density at radius 2 is 1.84 bits per heavy atom. The van der Waals surface area contributed by atoms with Gasteiger partial charge in [-0.25, -0.2) is 4.98 Å². The number of aliphatic hydroxyl groups is 1. The van der Waals surface area contributed by atoms with Crippen molar-refractivity contribution in [2.75, 3.05) is 11.4 Å². The molecule has 0 aliphatic carbocycles. The van der Waals surface area contributed by atoms with Gasteiger partial charge in [0.25, 0.3) is 0 Å². The van der Waals surface area contributed by atoms with Crippen LogP contribution in [0.4, 0.5) is 5.69 Å². The van der Waals surface area contributed by atoms with E-state index in [1.165, 1.54) is 0 Å². The SMILES string of the molecule is Cc1ccc2c(c1)nc(C1=C(O)CN(c3cccc(OCc4ccccc4)c3)C1=N)n2C. The highest BCUT2D eigenvalue weighted by Gasteiger charge is 2.32. The molecule has 3 aromatic carbocycles. The minimum absolute atomic E-state index is 0.140. The fraction of sp³-hybridized carbons (Fsp3) is 0.154. The Kier molecular flexibility index (Phi) is 4.90. The number of hydrogen-bond acceptors (Lipinski definition) is 4. The van der Waals surface area contributed by atoms with E-state index in [2.05, 4.69) is 0 Å². The number of nitrogens with zero attached hydrogens (tertiary/aromatic N) is 3. The fourth-order valence-corrected chi connectivity index (χ4v) is 4.05. The number of aromatic nitrogens is 2. The highest BCUT2D eigenvalue weighted by molar-refractivity contribution is 6.30. The molecule has 6 nitrogen and oxygen atoms in total. The summed E-state index contributed by atoms with van der Waals surface area (Å²) >= 11 is 0. The van der Waals surface area contributed by atoms with Gasteiger partial charge in [-0.3, -0.25) is 5.41 Å². The Morgan fingerprint density at radius 1 is 1.03 bits per heavy atom. The van der Waals surface area contributed by atoms with Crippen LogP contribution in [-0.2, 0) is 13.7 Å². The first-order chi connectivity index (χ1) is 15.5. The van der Waals surface area contributed by atoms with Crippen LogP contribution in [0.25, 0.3) is 16.6 Å². The van der Waals surface area contributed by atoms with E-state index in [1.807, 2.05) is 91.3 Å². The lowest BCUT2D eigenvalue weighted by Gasteiger charge is -2.19. The van der Waals surface area contributed by atoms with Crippen molar-refractivity contribution in [3.05, 3.63) is 95.5 Å². The third-order valence-corrected chi connectivity index (χ3v) is 5.74. The monoisotopic (exact) mass is 424 g/mol. The summed E-state index contributed by atoms with van der Waals surface area (Å²) in [7, 11) is 1.91. The van der Waals surface area contributed by atoms with E-state index in [-0.39, 0.29) is 18.1 Å². The van der Waals surface area contributed by atoms with Gasteiger partial charge in [0.15, 0.2) is 0 Å². The van der Waals surface area contributed by atoms with E-state index >= 15 is 0 Å². The molecule has 1 aromatic heterocycles. The van der Waals surface area contributed by atoms with E-state index in [1.54, 1.807) is 4.90 Å². The lowest BCUT2D eigenvalue weighted by molar-refractivity contribution is 0.306. The molecule has 0 spiro atoms. The van der Waals surface area contributed by atoms with E-state index < -0.39 is 0 Å². The summed E-state index contributed by atoms with van der Waals surface area (Å²) < 4.78 is 7.87. The lowest BCUT2D eigenvalue weighted by atomic mass is 10.2. The summed E-state index contributed by atoms with van der Waals surface area (Å²) in [6.07, 6.45) is 0. The van der Waals surface area contributed by atoms with Crippen LogP contribution in [0.2, 0.25) is 0 Å². The molecule has 0 fully saturated rings. The van der Waals surface area contributed by atoms with Gasteiger partial charge in [-0.15, -0.1) is 0 Å². The van der Waals surface area contributed by atoms with Crippen molar-refractivity contribution in [1.29, 1.82) is 5.41 Å². The quantitative estimate of drug-likeness (QED) is 0.460. The molecule has 4 aromatic rings. The van der Waals surface area contributed by atoms with E-state index in [0.29, 0.717) is 23.8 Å². The summed E-state index contributed by atoms with van der Waals surface area (Å²) in [5, 5.41) is 19.6. The Labute approximate surface area is 186 Å². The van der Waals surface area contributed by atoms with Crippen molar-refractivity contribution in [3.8, 4) is 5.75 Å². The molecule has 0 amide bonds. The first-order valence-corrected chi connectivity index (χ1v) is 10.5. The fourth-order valence-electron chi connectivity index (χ4n) is 4.05. The van der Waals surface area contributed by atoms with Crippen LogP contribution in [0.15, 0.2) is 78.6 Å². The van der Waals surface area contributed by atoms with Crippen LogP contribution in [-0.4, -0.2) is 27.0 Å². The highest BCUT2D eigenvalue weighted by Crippen LogP contribution is 2.33. The zero-order chi connectivity index (χ0) is 22.2. The third-order valence-electron chi connectivity index (χ3n) is 5.74. The molecule has 5 rings (SSSR count). The second-order valence-electron chi connectivity index (χ2n) is 8.01. The van der Waals surface area contributed by atoms with Crippen molar-refractivity contribution in [3.63, 3.8) is 0 Å². The minimum Gasteiger partial charge on any atom is -0.509 e. The van der Waals surface area contributed by atoms with Gasteiger partial charge in [0.2, 0.25) is 0 Å². The molecule has 0 saturated carbocycles. The number of anilines is 1. The first-order valence-electron chi connectivity index (χ1n) is 10.5. The second-order valence-corrected chi connectivity index (χ2v) is 8.01. The molecular formula is C26H24N4O2. The summed E-state index contributed by atoms with van der Waals surface area (Å²) in [6.45, 7) is 2.71. The smallest absolute Gasteiger partial charge is 0.148 e. The number of rotatable bonds is 5. The largest absolute Gasteiger partial charge is 0.509 e. The number of nitrogens with one attached hydrogen (secondary N) is 1.